The van der Waals surface area contributed by atoms with Gasteiger partial charge >= 0.3 is 0 Å². The number of carbonyl (C=O) groups is 1. The van der Waals surface area contributed by atoms with E-state index in [4.69, 9.17) is 4.74 Å². The predicted molar refractivity (Wildman–Crippen MR) is 101 cm³/mol. The average molecular weight is 340 g/mol. The van der Waals surface area contributed by atoms with Crippen molar-refractivity contribution in [3.05, 3.63) is 47.2 Å². The minimum Gasteiger partial charge on any atom is -0.379 e. The van der Waals surface area contributed by atoms with Gasteiger partial charge in [-0.2, -0.15) is 0 Å². The third kappa shape index (κ3) is 3.23. The van der Waals surface area contributed by atoms with E-state index in [9.17, 15) is 4.79 Å². The lowest BCUT2D eigenvalue weighted by molar-refractivity contribution is -0.127. The molecule has 4 nitrogen and oxygen atoms in total. The first-order chi connectivity index (χ1) is 11.9. The summed E-state index contributed by atoms with van der Waals surface area (Å²) in [7, 11) is 2.06. The summed E-state index contributed by atoms with van der Waals surface area (Å²) in [5, 5.41) is 1.22. The van der Waals surface area contributed by atoms with Gasteiger partial charge in [0.2, 0.25) is 5.91 Å². The summed E-state index contributed by atoms with van der Waals surface area (Å²) in [4.78, 5) is 14.8. The van der Waals surface area contributed by atoms with Crippen LogP contribution in [0.3, 0.4) is 0 Å². The van der Waals surface area contributed by atoms with Gasteiger partial charge in [0.15, 0.2) is 0 Å². The molecule has 2 aromatic rings. The van der Waals surface area contributed by atoms with Crippen molar-refractivity contribution in [2.45, 2.75) is 46.3 Å². The second-order valence-electron chi connectivity index (χ2n) is 7.19. The maximum Gasteiger partial charge on any atom is 0.250 e. The van der Waals surface area contributed by atoms with E-state index in [1.165, 1.54) is 16.5 Å². The highest BCUT2D eigenvalue weighted by atomic mass is 16.5. The molecule has 0 aliphatic carbocycles. The molecule has 1 aromatic carbocycles. The van der Waals surface area contributed by atoms with Crippen LogP contribution < -0.4 is 0 Å². The Hall–Kier alpha value is -2.07. The zero-order valence-corrected chi connectivity index (χ0v) is 15.9. The zero-order chi connectivity index (χ0) is 18.1. The molecule has 3 rings (SSSR count). The number of hydrogen-bond donors (Lipinski definition) is 0. The lowest BCUT2D eigenvalue weighted by Gasteiger charge is -2.26. The van der Waals surface area contributed by atoms with Crippen LogP contribution in [0.15, 0.2) is 41.6 Å². The van der Waals surface area contributed by atoms with Crippen LogP contribution in [-0.4, -0.2) is 34.6 Å². The van der Waals surface area contributed by atoms with Crippen molar-refractivity contribution in [2.75, 3.05) is 13.2 Å². The molecule has 25 heavy (non-hydrogen) atoms. The first kappa shape index (κ1) is 17.7. The van der Waals surface area contributed by atoms with Crippen molar-refractivity contribution < 1.29 is 9.53 Å². The van der Waals surface area contributed by atoms with E-state index in [0.29, 0.717) is 13.2 Å². The van der Waals surface area contributed by atoms with Crippen LogP contribution in [0, 0.1) is 0 Å². The van der Waals surface area contributed by atoms with E-state index in [1.54, 1.807) is 0 Å². The lowest BCUT2D eigenvalue weighted by Crippen LogP contribution is -2.31. The molecule has 0 radical (unpaired) electrons. The van der Waals surface area contributed by atoms with Crippen molar-refractivity contribution in [1.29, 1.82) is 0 Å². The van der Waals surface area contributed by atoms with Gasteiger partial charge in [-0.25, -0.2) is 0 Å². The number of aryl methyl sites for hydroxylation is 1. The lowest BCUT2D eigenvalue weighted by atomic mass is 9.98. The molecule has 0 saturated heterocycles. The Kier molecular flexibility index (Phi) is 5.00. The fourth-order valence-corrected chi connectivity index (χ4v) is 3.72. The van der Waals surface area contributed by atoms with Gasteiger partial charge in [-0.15, -0.1) is 0 Å². The van der Waals surface area contributed by atoms with Gasteiger partial charge in [-0.05, 0) is 45.8 Å². The quantitative estimate of drug-likeness (QED) is 0.738. The summed E-state index contributed by atoms with van der Waals surface area (Å²) in [6, 6.07) is 8.42. The van der Waals surface area contributed by atoms with Crippen LogP contribution >= 0.6 is 0 Å². The molecule has 0 spiro atoms. The van der Waals surface area contributed by atoms with Crippen LogP contribution in [0.5, 0.6) is 0 Å². The molecule has 0 fully saturated rings. The van der Waals surface area contributed by atoms with Crippen molar-refractivity contribution >= 4 is 16.8 Å². The fraction of sp³-hybridized carbons (Fsp3) is 0.476. The molecule has 1 atom stereocenters. The molecule has 1 aliphatic rings. The standard InChI is InChI=1S/C21H28N2O2/c1-14(2)25-12-8-11-23-20(15(3)16(4)21(23)24)18-13-22(5)19-10-7-6-9-17(18)19/h6-7,9-10,13-14,20H,8,11-12H2,1-5H3. The number of nitrogens with zero attached hydrogens (tertiary/aromatic N) is 2. The monoisotopic (exact) mass is 340 g/mol. The predicted octanol–water partition coefficient (Wildman–Crippen LogP) is 4.21. The van der Waals surface area contributed by atoms with Gasteiger partial charge in [0.25, 0.3) is 0 Å². The molecule has 0 bridgehead atoms. The van der Waals surface area contributed by atoms with Gasteiger partial charge in [0.05, 0.1) is 12.1 Å². The minimum absolute atomic E-state index is 0.0256. The summed E-state index contributed by atoms with van der Waals surface area (Å²) in [5.41, 5.74) is 4.45. The molecule has 1 unspecified atom stereocenters. The van der Waals surface area contributed by atoms with Crippen LogP contribution in [0.1, 0.15) is 45.7 Å². The maximum absolute atomic E-state index is 12.8. The third-order valence-electron chi connectivity index (χ3n) is 5.11. The number of hydrogen-bond acceptors (Lipinski definition) is 2. The normalized spacial score (nSPS) is 18.2. The zero-order valence-electron chi connectivity index (χ0n) is 15.9. The third-order valence-corrected chi connectivity index (χ3v) is 5.11. The van der Waals surface area contributed by atoms with Gasteiger partial charge in [-0.3, -0.25) is 4.79 Å². The number of para-hydroxylation sites is 1. The van der Waals surface area contributed by atoms with Gasteiger partial charge in [-0.1, -0.05) is 18.2 Å². The number of ether oxygens (including phenoxy) is 1. The van der Waals surface area contributed by atoms with Crippen molar-refractivity contribution in [3.8, 4) is 0 Å². The molecule has 0 N–H and O–H groups in total. The van der Waals surface area contributed by atoms with E-state index in [-0.39, 0.29) is 18.1 Å². The van der Waals surface area contributed by atoms with E-state index >= 15 is 0 Å². The minimum atomic E-state index is 0.0256. The highest BCUT2D eigenvalue weighted by Gasteiger charge is 2.36. The molecular formula is C21H28N2O2. The second-order valence-corrected chi connectivity index (χ2v) is 7.19. The van der Waals surface area contributed by atoms with Gasteiger partial charge in [0, 0.05) is 48.4 Å². The van der Waals surface area contributed by atoms with Gasteiger partial charge in [0.1, 0.15) is 0 Å². The highest BCUT2D eigenvalue weighted by molar-refractivity contribution is 5.98. The number of carbonyl (C=O) groups excluding carboxylic acids is 1. The summed E-state index contributed by atoms with van der Waals surface area (Å²) < 4.78 is 7.80. The summed E-state index contributed by atoms with van der Waals surface area (Å²) in [6.45, 7) is 9.51. The summed E-state index contributed by atoms with van der Waals surface area (Å²) in [5.74, 6) is 0.153. The highest BCUT2D eigenvalue weighted by Crippen LogP contribution is 2.40. The molecule has 1 aromatic heterocycles. The van der Waals surface area contributed by atoms with Crippen molar-refractivity contribution in [3.63, 3.8) is 0 Å². The Morgan fingerprint density at radius 1 is 1.20 bits per heavy atom. The first-order valence-electron chi connectivity index (χ1n) is 9.05. The number of aromatic nitrogens is 1. The smallest absolute Gasteiger partial charge is 0.250 e. The molecule has 134 valence electrons. The fourth-order valence-electron chi connectivity index (χ4n) is 3.72. The van der Waals surface area contributed by atoms with E-state index in [1.807, 2.05) is 25.7 Å². The summed E-state index contributed by atoms with van der Waals surface area (Å²) >= 11 is 0. The average Bonchev–Trinajstić information content (AvgIpc) is 3.02. The van der Waals surface area contributed by atoms with Crippen LogP contribution in [0.2, 0.25) is 0 Å². The molecule has 4 heteroatoms. The number of fused-ring (bicyclic) bond motifs is 1. The van der Waals surface area contributed by atoms with Crippen LogP contribution in [-0.2, 0) is 16.6 Å². The molecule has 1 amide bonds. The number of rotatable bonds is 6. The molecular weight excluding hydrogens is 312 g/mol. The number of benzene rings is 1. The Morgan fingerprint density at radius 2 is 1.92 bits per heavy atom. The van der Waals surface area contributed by atoms with E-state index < -0.39 is 0 Å². The summed E-state index contributed by atoms with van der Waals surface area (Å²) in [6.07, 6.45) is 3.25. The maximum atomic E-state index is 12.8. The molecule has 0 saturated carbocycles. The van der Waals surface area contributed by atoms with E-state index in [2.05, 4.69) is 49.0 Å². The second kappa shape index (κ2) is 7.04. The SMILES string of the molecule is CC1=C(C)C(c2cn(C)c3ccccc23)N(CCCOC(C)C)C1=O. The van der Waals surface area contributed by atoms with Crippen molar-refractivity contribution in [2.24, 2.45) is 7.05 Å². The Morgan fingerprint density at radius 3 is 2.64 bits per heavy atom. The molecule has 1 aliphatic heterocycles. The number of amides is 1. The topological polar surface area (TPSA) is 34.5 Å². The largest absolute Gasteiger partial charge is 0.379 e. The Bertz CT molecular complexity index is 816. The van der Waals surface area contributed by atoms with Crippen LogP contribution in [0.4, 0.5) is 0 Å². The first-order valence-corrected chi connectivity index (χ1v) is 9.05. The van der Waals surface area contributed by atoms with E-state index in [0.717, 1.165) is 17.6 Å². The Balaban J connectivity index is 1.91. The van der Waals surface area contributed by atoms with Crippen LogP contribution in [0.25, 0.3) is 10.9 Å². The van der Waals surface area contributed by atoms with Gasteiger partial charge < -0.3 is 14.2 Å². The molecule has 2 heterocycles. The van der Waals surface area contributed by atoms with Crippen molar-refractivity contribution in [1.82, 2.24) is 9.47 Å². The Labute approximate surface area is 150 Å².